The van der Waals surface area contributed by atoms with Crippen LogP contribution in [0.25, 0.3) is 22.1 Å². The third-order valence-electron chi connectivity index (χ3n) is 4.64. The topological polar surface area (TPSA) is 67.8 Å². The van der Waals surface area contributed by atoms with Crippen LogP contribution in [0.4, 0.5) is 16.0 Å². The zero-order chi connectivity index (χ0) is 20.0. The van der Waals surface area contributed by atoms with Gasteiger partial charge in [-0.15, -0.1) is 0 Å². The highest BCUT2D eigenvalue weighted by atomic mass is 35.5. The van der Waals surface area contributed by atoms with E-state index in [9.17, 15) is 4.39 Å². The van der Waals surface area contributed by atoms with Crippen LogP contribution in [-0.2, 0) is 7.05 Å². The summed E-state index contributed by atoms with van der Waals surface area (Å²) in [7, 11) is 1.91. The highest BCUT2D eigenvalue weighted by Gasteiger charge is 2.12. The number of hydrogen-bond acceptors (Lipinski definition) is 4. The molecule has 0 radical (unpaired) electrons. The van der Waals surface area contributed by atoms with Crippen LogP contribution in [0.5, 0.6) is 11.5 Å². The zero-order valence-electron chi connectivity index (χ0n) is 15.3. The van der Waals surface area contributed by atoms with Crippen LogP contribution < -0.4 is 10.1 Å². The van der Waals surface area contributed by atoms with Gasteiger partial charge in [0.05, 0.1) is 22.2 Å². The average Bonchev–Trinajstić information content (AvgIpc) is 3.25. The monoisotopic (exact) mass is 407 g/mol. The van der Waals surface area contributed by atoms with Gasteiger partial charge in [0, 0.05) is 19.3 Å². The number of aromatic nitrogens is 4. The van der Waals surface area contributed by atoms with Crippen molar-refractivity contribution >= 4 is 45.3 Å². The molecule has 3 heterocycles. The molecule has 2 N–H and O–H groups in total. The highest BCUT2D eigenvalue weighted by Crippen LogP contribution is 2.30. The van der Waals surface area contributed by atoms with Gasteiger partial charge in [0.1, 0.15) is 28.0 Å². The number of halogens is 2. The fraction of sp³-hybridized carbons (Fsp3) is 0.0476. The van der Waals surface area contributed by atoms with Crippen molar-refractivity contribution in [3.8, 4) is 11.5 Å². The van der Waals surface area contributed by atoms with E-state index in [1.807, 2.05) is 42.1 Å². The molecule has 0 amide bonds. The molecular formula is C21H15ClFN5O. The van der Waals surface area contributed by atoms with Crippen molar-refractivity contribution in [1.82, 2.24) is 19.5 Å². The molecule has 0 bridgehead atoms. The highest BCUT2D eigenvalue weighted by molar-refractivity contribution is 6.29. The molecule has 0 aliphatic carbocycles. The Morgan fingerprint density at radius 3 is 2.66 bits per heavy atom. The third-order valence-corrected chi connectivity index (χ3v) is 4.85. The Balaban J connectivity index is 1.48. The lowest BCUT2D eigenvalue weighted by atomic mass is 10.3. The molecule has 0 aliphatic heterocycles. The number of nitrogens with one attached hydrogen (secondary N) is 2. The number of benzene rings is 2. The Bertz CT molecular complexity index is 1340. The van der Waals surface area contributed by atoms with Crippen molar-refractivity contribution < 1.29 is 9.13 Å². The maximum atomic E-state index is 13.1. The normalized spacial score (nSPS) is 11.3. The lowest BCUT2D eigenvalue weighted by molar-refractivity contribution is 0.481. The molecular weight excluding hydrogens is 393 g/mol. The molecule has 0 aliphatic rings. The first-order valence-corrected chi connectivity index (χ1v) is 9.25. The second kappa shape index (κ2) is 6.79. The Kier molecular flexibility index (Phi) is 4.10. The lowest BCUT2D eigenvalue weighted by Gasteiger charge is -2.07. The van der Waals surface area contributed by atoms with Crippen molar-refractivity contribution in [3.63, 3.8) is 0 Å². The number of rotatable bonds is 4. The van der Waals surface area contributed by atoms with Crippen LogP contribution in [0.1, 0.15) is 0 Å². The summed E-state index contributed by atoms with van der Waals surface area (Å²) >= 11 is 6.03. The first-order valence-electron chi connectivity index (χ1n) is 8.87. The van der Waals surface area contributed by atoms with E-state index in [1.54, 1.807) is 18.2 Å². The molecule has 8 heteroatoms. The molecule has 0 atom stereocenters. The van der Waals surface area contributed by atoms with E-state index in [0.717, 1.165) is 27.8 Å². The molecule has 0 fully saturated rings. The van der Waals surface area contributed by atoms with Gasteiger partial charge in [-0.2, -0.15) is 0 Å². The minimum atomic E-state index is -0.303. The molecule has 5 rings (SSSR count). The van der Waals surface area contributed by atoms with E-state index in [0.29, 0.717) is 22.6 Å². The number of anilines is 2. The Morgan fingerprint density at radius 1 is 1.03 bits per heavy atom. The van der Waals surface area contributed by atoms with Gasteiger partial charge in [-0.25, -0.2) is 14.4 Å². The molecule has 3 aromatic heterocycles. The number of fused-ring (bicyclic) bond motifs is 2. The van der Waals surface area contributed by atoms with Gasteiger partial charge in [0.2, 0.25) is 5.95 Å². The second-order valence-corrected chi connectivity index (χ2v) is 6.95. The van der Waals surface area contributed by atoms with Crippen molar-refractivity contribution in [3.05, 3.63) is 71.8 Å². The van der Waals surface area contributed by atoms with Crippen LogP contribution in [0.15, 0.2) is 60.8 Å². The number of aromatic amines is 1. The first-order chi connectivity index (χ1) is 14.1. The Hall–Kier alpha value is -3.58. The van der Waals surface area contributed by atoms with E-state index in [1.165, 1.54) is 12.1 Å². The summed E-state index contributed by atoms with van der Waals surface area (Å²) in [5, 5.41) is 3.73. The number of pyridine rings is 1. The predicted molar refractivity (Wildman–Crippen MR) is 112 cm³/mol. The quantitative estimate of drug-likeness (QED) is 0.371. The van der Waals surface area contributed by atoms with Crippen molar-refractivity contribution in [2.45, 2.75) is 0 Å². The van der Waals surface area contributed by atoms with Crippen LogP contribution in [0.3, 0.4) is 0 Å². The van der Waals surface area contributed by atoms with Crippen molar-refractivity contribution in [1.29, 1.82) is 0 Å². The SMILES string of the molecule is Cn1c(Nc2c[nH]c3ccc(Cl)nc23)nc2ccc(Oc3ccc(F)cc3)cc21. The average molecular weight is 408 g/mol. The molecule has 6 nitrogen and oxygen atoms in total. The van der Waals surface area contributed by atoms with E-state index in [2.05, 4.69) is 20.3 Å². The summed E-state index contributed by atoms with van der Waals surface area (Å²) in [6, 6.07) is 15.1. The molecule has 0 spiro atoms. The van der Waals surface area contributed by atoms with Crippen molar-refractivity contribution in [2.75, 3.05) is 5.32 Å². The van der Waals surface area contributed by atoms with Crippen molar-refractivity contribution in [2.24, 2.45) is 7.05 Å². The molecule has 0 saturated carbocycles. The number of ether oxygens (including phenoxy) is 1. The molecule has 29 heavy (non-hydrogen) atoms. The maximum absolute atomic E-state index is 13.1. The summed E-state index contributed by atoms with van der Waals surface area (Å²) in [4.78, 5) is 12.2. The van der Waals surface area contributed by atoms with Gasteiger partial charge in [-0.1, -0.05) is 11.6 Å². The standard InChI is InChI=1S/C21H15ClFN5O/c1-28-18-10-14(29-13-4-2-12(23)3-5-13)6-7-15(18)25-21(28)26-17-11-24-16-8-9-19(22)27-20(16)17/h2-11,24H,1H3,(H,25,26). The van der Waals surface area contributed by atoms with E-state index in [-0.39, 0.29) is 5.82 Å². The maximum Gasteiger partial charge on any atom is 0.208 e. The molecule has 144 valence electrons. The predicted octanol–water partition coefficient (Wildman–Crippen LogP) is 5.78. The van der Waals surface area contributed by atoms with Crippen LogP contribution in [0, 0.1) is 5.82 Å². The molecule has 0 unspecified atom stereocenters. The Morgan fingerprint density at radius 2 is 1.83 bits per heavy atom. The van der Waals surface area contributed by atoms with E-state index in [4.69, 9.17) is 16.3 Å². The van der Waals surface area contributed by atoms with Gasteiger partial charge in [-0.05, 0) is 48.5 Å². The van der Waals surface area contributed by atoms with Crippen LogP contribution in [-0.4, -0.2) is 19.5 Å². The fourth-order valence-corrected chi connectivity index (χ4v) is 3.32. The molecule has 5 aromatic rings. The van der Waals surface area contributed by atoms with Gasteiger partial charge >= 0.3 is 0 Å². The number of aryl methyl sites for hydroxylation is 1. The van der Waals surface area contributed by atoms with E-state index >= 15 is 0 Å². The summed E-state index contributed by atoms with van der Waals surface area (Å²) < 4.78 is 20.8. The fourth-order valence-electron chi connectivity index (χ4n) is 3.17. The van der Waals surface area contributed by atoms with Gasteiger partial charge in [0.25, 0.3) is 0 Å². The zero-order valence-corrected chi connectivity index (χ0v) is 16.0. The third kappa shape index (κ3) is 3.25. The van der Waals surface area contributed by atoms with Gasteiger partial charge in [0.15, 0.2) is 0 Å². The lowest BCUT2D eigenvalue weighted by Crippen LogP contribution is -1.99. The van der Waals surface area contributed by atoms with Gasteiger partial charge < -0.3 is 19.6 Å². The number of imidazole rings is 1. The smallest absolute Gasteiger partial charge is 0.208 e. The summed E-state index contributed by atoms with van der Waals surface area (Å²) in [5.41, 5.74) is 4.10. The number of hydrogen-bond donors (Lipinski definition) is 2. The minimum absolute atomic E-state index is 0.303. The van der Waals surface area contributed by atoms with Gasteiger partial charge in [-0.3, -0.25) is 0 Å². The molecule has 2 aromatic carbocycles. The largest absolute Gasteiger partial charge is 0.457 e. The Labute approximate surface area is 169 Å². The number of H-pyrrole nitrogens is 1. The second-order valence-electron chi connectivity index (χ2n) is 6.56. The minimum Gasteiger partial charge on any atom is -0.457 e. The molecule has 0 saturated heterocycles. The summed E-state index contributed by atoms with van der Waals surface area (Å²) in [6.07, 6.45) is 1.83. The van der Waals surface area contributed by atoms with E-state index < -0.39 is 0 Å². The summed E-state index contributed by atoms with van der Waals surface area (Å²) in [5.74, 6) is 1.55. The van der Waals surface area contributed by atoms with Crippen LogP contribution in [0.2, 0.25) is 5.15 Å². The first kappa shape index (κ1) is 17.5. The number of nitrogens with zero attached hydrogens (tertiary/aromatic N) is 3. The van der Waals surface area contributed by atoms with Crippen LogP contribution >= 0.6 is 11.6 Å². The summed E-state index contributed by atoms with van der Waals surface area (Å²) in [6.45, 7) is 0.